The quantitative estimate of drug-likeness (QED) is 0.598. The summed E-state index contributed by atoms with van der Waals surface area (Å²) in [5.74, 6) is 1.80. The SMILES string of the molecule is COc1ccccc1CC(=O)NCCCSc1ccccc1. The minimum atomic E-state index is 0.0363. The highest BCUT2D eigenvalue weighted by atomic mass is 32.2. The summed E-state index contributed by atoms with van der Waals surface area (Å²) in [6, 6.07) is 17.9. The third-order valence-electron chi connectivity index (χ3n) is 3.20. The van der Waals surface area contributed by atoms with E-state index in [1.54, 1.807) is 7.11 Å². The number of para-hydroxylation sites is 1. The molecule has 0 unspecified atom stereocenters. The van der Waals surface area contributed by atoms with Crippen LogP contribution in [0, 0.1) is 0 Å². The minimum absolute atomic E-state index is 0.0363. The van der Waals surface area contributed by atoms with Gasteiger partial charge in [0.2, 0.25) is 5.91 Å². The summed E-state index contributed by atoms with van der Waals surface area (Å²) in [7, 11) is 1.62. The average Bonchev–Trinajstić information content (AvgIpc) is 2.56. The summed E-state index contributed by atoms with van der Waals surface area (Å²) in [6.45, 7) is 0.702. The van der Waals surface area contributed by atoms with Crippen LogP contribution in [0.15, 0.2) is 59.5 Å². The summed E-state index contributed by atoms with van der Waals surface area (Å²) >= 11 is 1.81. The van der Waals surface area contributed by atoms with Crippen molar-refractivity contribution in [3.8, 4) is 5.75 Å². The van der Waals surface area contributed by atoms with Crippen LogP contribution in [0.5, 0.6) is 5.75 Å². The highest BCUT2D eigenvalue weighted by molar-refractivity contribution is 7.99. The highest BCUT2D eigenvalue weighted by Crippen LogP contribution is 2.18. The molecular weight excluding hydrogens is 294 g/mol. The second-order valence-electron chi connectivity index (χ2n) is 4.85. The van der Waals surface area contributed by atoms with Gasteiger partial charge in [0, 0.05) is 17.0 Å². The van der Waals surface area contributed by atoms with E-state index in [1.807, 2.05) is 54.2 Å². The van der Waals surface area contributed by atoms with Crippen LogP contribution in [-0.4, -0.2) is 25.3 Å². The molecule has 3 nitrogen and oxygen atoms in total. The number of thioether (sulfide) groups is 1. The van der Waals surface area contributed by atoms with Crippen LogP contribution in [0.1, 0.15) is 12.0 Å². The molecule has 116 valence electrons. The fourth-order valence-corrected chi connectivity index (χ4v) is 2.97. The van der Waals surface area contributed by atoms with Gasteiger partial charge in [-0.2, -0.15) is 0 Å². The molecule has 1 amide bonds. The third kappa shape index (κ3) is 5.45. The van der Waals surface area contributed by atoms with Crippen molar-refractivity contribution in [2.24, 2.45) is 0 Å². The molecule has 0 aliphatic rings. The van der Waals surface area contributed by atoms with Crippen LogP contribution in [0.2, 0.25) is 0 Å². The number of carbonyl (C=O) groups excluding carboxylic acids is 1. The molecule has 0 spiro atoms. The van der Waals surface area contributed by atoms with E-state index in [2.05, 4.69) is 17.4 Å². The molecule has 2 rings (SSSR count). The van der Waals surface area contributed by atoms with Crippen molar-refractivity contribution in [3.63, 3.8) is 0 Å². The highest BCUT2D eigenvalue weighted by Gasteiger charge is 2.07. The molecule has 0 saturated heterocycles. The Kier molecular flexibility index (Phi) is 6.84. The number of benzene rings is 2. The first-order valence-electron chi connectivity index (χ1n) is 7.36. The number of amides is 1. The zero-order valence-electron chi connectivity index (χ0n) is 12.7. The largest absolute Gasteiger partial charge is 0.496 e. The summed E-state index contributed by atoms with van der Waals surface area (Å²) in [6.07, 6.45) is 1.31. The van der Waals surface area contributed by atoms with E-state index in [1.165, 1.54) is 4.90 Å². The summed E-state index contributed by atoms with van der Waals surface area (Å²) < 4.78 is 5.25. The maximum Gasteiger partial charge on any atom is 0.224 e. The van der Waals surface area contributed by atoms with Crippen molar-refractivity contribution in [2.45, 2.75) is 17.7 Å². The number of nitrogens with one attached hydrogen (secondary N) is 1. The van der Waals surface area contributed by atoms with Crippen LogP contribution in [0.4, 0.5) is 0 Å². The molecule has 0 heterocycles. The van der Waals surface area contributed by atoms with Crippen LogP contribution in [0.25, 0.3) is 0 Å². The molecule has 0 bridgehead atoms. The zero-order chi connectivity index (χ0) is 15.6. The van der Waals surface area contributed by atoms with Gasteiger partial charge in [-0.3, -0.25) is 4.79 Å². The number of hydrogen-bond acceptors (Lipinski definition) is 3. The molecule has 22 heavy (non-hydrogen) atoms. The maximum atomic E-state index is 11.9. The number of carbonyl (C=O) groups is 1. The molecule has 0 aromatic heterocycles. The van der Waals surface area contributed by atoms with E-state index in [0.717, 1.165) is 23.5 Å². The lowest BCUT2D eigenvalue weighted by Gasteiger charge is -2.08. The van der Waals surface area contributed by atoms with Gasteiger partial charge in [0.05, 0.1) is 13.5 Å². The Morgan fingerprint density at radius 3 is 2.59 bits per heavy atom. The Hall–Kier alpha value is -1.94. The van der Waals surface area contributed by atoms with Crippen molar-refractivity contribution in [2.75, 3.05) is 19.4 Å². The van der Waals surface area contributed by atoms with Crippen molar-refractivity contribution >= 4 is 17.7 Å². The van der Waals surface area contributed by atoms with Gasteiger partial charge >= 0.3 is 0 Å². The van der Waals surface area contributed by atoms with E-state index in [0.29, 0.717) is 13.0 Å². The number of ether oxygens (including phenoxy) is 1. The van der Waals surface area contributed by atoms with Gasteiger partial charge in [0.1, 0.15) is 5.75 Å². The Balaban J connectivity index is 1.65. The van der Waals surface area contributed by atoms with Crippen LogP contribution < -0.4 is 10.1 Å². The fraction of sp³-hybridized carbons (Fsp3) is 0.278. The summed E-state index contributed by atoms with van der Waals surface area (Å²) in [5, 5.41) is 2.96. The first-order valence-corrected chi connectivity index (χ1v) is 8.34. The van der Waals surface area contributed by atoms with Crippen molar-refractivity contribution < 1.29 is 9.53 Å². The van der Waals surface area contributed by atoms with E-state index < -0.39 is 0 Å². The predicted molar refractivity (Wildman–Crippen MR) is 91.5 cm³/mol. The Bertz CT molecular complexity index is 587. The van der Waals surface area contributed by atoms with E-state index in [4.69, 9.17) is 4.74 Å². The van der Waals surface area contributed by atoms with Gasteiger partial charge in [-0.15, -0.1) is 11.8 Å². The van der Waals surface area contributed by atoms with Crippen LogP contribution in [-0.2, 0) is 11.2 Å². The van der Waals surface area contributed by atoms with Gasteiger partial charge < -0.3 is 10.1 Å². The topological polar surface area (TPSA) is 38.3 Å². The van der Waals surface area contributed by atoms with Crippen molar-refractivity contribution in [1.82, 2.24) is 5.32 Å². The molecular formula is C18H21NO2S. The first-order chi connectivity index (χ1) is 10.8. The number of hydrogen-bond donors (Lipinski definition) is 1. The van der Waals surface area contributed by atoms with Crippen LogP contribution in [0.3, 0.4) is 0 Å². The lowest BCUT2D eigenvalue weighted by molar-refractivity contribution is -0.120. The Morgan fingerprint density at radius 1 is 1.09 bits per heavy atom. The predicted octanol–water partition coefficient (Wildman–Crippen LogP) is 3.54. The summed E-state index contributed by atoms with van der Waals surface area (Å²) in [4.78, 5) is 13.2. The second-order valence-corrected chi connectivity index (χ2v) is 6.02. The molecule has 0 atom stereocenters. The molecule has 1 N–H and O–H groups in total. The van der Waals surface area contributed by atoms with Gasteiger partial charge in [-0.1, -0.05) is 36.4 Å². The molecule has 0 aliphatic heterocycles. The summed E-state index contributed by atoms with van der Waals surface area (Å²) in [5.41, 5.74) is 0.918. The smallest absolute Gasteiger partial charge is 0.224 e. The van der Waals surface area contributed by atoms with Gasteiger partial charge in [0.25, 0.3) is 0 Å². The molecule has 0 fully saturated rings. The van der Waals surface area contributed by atoms with Crippen LogP contribution >= 0.6 is 11.8 Å². The monoisotopic (exact) mass is 315 g/mol. The van der Waals surface area contributed by atoms with Crippen molar-refractivity contribution in [1.29, 1.82) is 0 Å². The Morgan fingerprint density at radius 2 is 1.82 bits per heavy atom. The van der Waals surface area contributed by atoms with Crippen molar-refractivity contribution in [3.05, 3.63) is 60.2 Å². The van der Waals surface area contributed by atoms with E-state index in [-0.39, 0.29) is 5.91 Å². The maximum absolute atomic E-state index is 11.9. The van der Waals surface area contributed by atoms with Gasteiger partial charge in [0.15, 0.2) is 0 Å². The lowest BCUT2D eigenvalue weighted by atomic mass is 10.1. The zero-order valence-corrected chi connectivity index (χ0v) is 13.6. The molecule has 2 aromatic rings. The number of methoxy groups -OCH3 is 1. The van der Waals surface area contributed by atoms with E-state index >= 15 is 0 Å². The molecule has 0 aliphatic carbocycles. The average molecular weight is 315 g/mol. The van der Waals surface area contributed by atoms with E-state index in [9.17, 15) is 4.79 Å². The lowest BCUT2D eigenvalue weighted by Crippen LogP contribution is -2.26. The number of rotatable bonds is 8. The molecule has 0 saturated carbocycles. The molecule has 2 aromatic carbocycles. The Labute approximate surface area is 136 Å². The standard InChI is InChI=1S/C18H21NO2S/c1-21-17-11-6-5-8-15(17)14-18(20)19-12-7-13-22-16-9-3-2-4-10-16/h2-6,8-11H,7,12-14H2,1H3,(H,19,20). The van der Waals surface area contributed by atoms with Gasteiger partial charge in [-0.25, -0.2) is 0 Å². The third-order valence-corrected chi connectivity index (χ3v) is 4.30. The molecule has 4 heteroatoms. The van der Waals surface area contributed by atoms with Gasteiger partial charge in [-0.05, 0) is 30.4 Å². The fourth-order valence-electron chi connectivity index (χ4n) is 2.09. The minimum Gasteiger partial charge on any atom is -0.496 e. The second kappa shape index (κ2) is 9.15. The first kappa shape index (κ1) is 16.4. The normalized spacial score (nSPS) is 10.2. The molecule has 0 radical (unpaired) electrons.